The number of nitriles is 1. The summed E-state index contributed by atoms with van der Waals surface area (Å²) < 4.78 is 13.2. The third-order valence-corrected chi connectivity index (χ3v) is 4.12. The first-order valence-electron chi connectivity index (χ1n) is 8.06. The van der Waals surface area contributed by atoms with E-state index >= 15 is 0 Å². The minimum absolute atomic E-state index is 0.0483. The smallest absolute Gasteiger partial charge is 0.267 e. The minimum Gasteiger partial charge on any atom is -0.360 e. The van der Waals surface area contributed by atoms with E-state index in [1.165, 1.54) is 24.4 Å². The summed E-state index contributed by atoms with van der Waals surface area (Å²) in [5.41, 5.74) is 2.98. The fraction of sp³-hybridized carbons (Fsp3) is 0.200. The summed E-state index contributed by atoms with van der Waals surface area (Å²) in [5, 5.41) is 14.8. The summed E-state index contributed by atoms with van der Waals surface area (Å²) >= 11 is 5.72. The lowest BCUT2D eigenvalue weighted by Crippen LogP contribution is -2.17. The Morgan fingerprint density at radius 2 is 2.04 bits per heavy atom. The molecule has 0 unspecified atom stereocenters. The van der Waals surface area contributed by atoms with Crippen LogP contribution in [-0.4, -0.2) is 5.91 Å². The molecule has 0 saturated heterocycles. The number of nitrogens with one attached hydrogen (secondary N) is 2. The van der Waals surface area contributed by atoms with Crippen molar-refractivity contribution >= 4 is 28.9 Å². The number of rotatable bonds is 5. The van der Waals surface area contributed by atoms with E-state index in [0.29, 0.717) is 11.4 Å². The summed E-state index contributed by atoms with van der Waals surface area (Å²) in [6.07, 6.45) is 1.27. The maximum atomic E-state index is 13.2. The normalized spacial score (nSPS) is 11.2. The van der Waals surface area contributed by atoms with Gasteiger partial charge in [0.25, 0.3) is 5.91 Å². The Bertz CT molecular complexity index is 900. The van der Waals surface area contributed by atoms with Crippen LogP contribution in [0.3, 0.4) is 0 Å². The molecule has 0 aromatic heterocycles. The molecule has 2 aromatic rings. The summed E-state index contributed by atoms with van der Waals surface area (Å²) in [5.74, 6) is -0.844. The largest absolute Gasteiger partial charge is 0.360 e. The van der Waals surface area contributed by atoms with Gasteiger partial charge in [-0.25, -0.2) is 4.39 Å². The third kappa shape index (κ3) is 4.62. The zero-order valence-electron chi connectivity index (χ0n) is 14.7. The van der Waals surface area contributed by atoms with Gasteiger partial charge < -0.3 is 10.6 Å². The van der Waals surface area contributed by atoms with E-state index in [1.54, 1.807) is 0 Å². The summed E-state index contributed by atoms with van der Waals surface area (Å²) in [6.45, 7) is 5.96. The second-order valence-corrected chi connectivity index (χ2v) is 6.50. The van der Waals surface area contributed by atoms with Crippen LogP contribution in [0.1, 0.15) is 30.9 Å². The molecule has 2 aromatic carbocycles. The third-order valence-electron chi connectivity index (χ3n) is 3.83. The molecule has 134 valence electrons. The molecule has 2 N–H and O–H groups in total. The predicted octanol–water partition coefficient (Wildman–Crippen LogP) is 5.37. The number of benzene rings is 2. The van der Waals surface area contributed by atoms with Gasteiger partial charge in [0.2, 0.25) is 0 Å². The molecule has 1 amide bonds. The van der Waals surface area contributed by atoms with Crippen molar-refractivity contribution in [1.82, 2.24) is 0 Å². The summed E-state index contributed by atoms with van der Waals surface area (Å²) in [6, 6.07) is 11.7. The Balaban J connectivity index is 2.22. The van der Waals surface area contributed by atoms with Gasteiger partial charge in [-0.3, -0.25) is 4.79 Å². The first-order chi connectivity index (χ1) is 12.3. The Kier molecular flexibility index (Phi) is 6.37. The van der Waals surface area contributed by atoms with E-state index in [9.17, 15) is 14.4 Å². The van der Waals surface area contributed by atoms with Gasteiger partial charge in [-0.05, 0) is 42.2 Å². The Hall–Kier alpha value is -2.84. The van der Waals surface area contributed by atoms with E-state index in [4.69, 9.17) is 11.6 Å². The Morgan fingerprint density at radius 1 is 1.31 bits per heavy atom. The standard InChI is InChI=1S/C20H19ClFN3O/c1-12(2)16-6-4-5-13(3)19(16)25-20(26)14(10-23)11-24-15-7-8-18(22)17(21)9-15/h4-9,11-12,24H,1-3H3,(H,25,26)/b14-11-. The number of nitrogens with zero attached hydrogens (tertiary/aromatic N) is 1. The molecular formula is C20H19ClFN3O. The number of anilines is 2. The van der Waals surface area contributed by atoms with Gasteiger partial charge in [0.05, 0.1) is 5.02 Å². The molecule has 0 atom stereocenters. The van der Waals surface area contributed by atoms with Gasteiger partial charge in [0.15, 0.2) is 0 Å². The molecule has 2 rings (SSSR count). The number of para-hydroxylation sites is 1. The Labute approximate surface area is 157 Å². The van der Waals surface area contributed by atoms with E-state index < -0.39 is 11.7 Å². The highest BCUT2D eigenvalue weighted by Crippen LogP contribution is 2.27. The molecule has 0 aliphatic heterocycles. The van der Waals surface area contributed by atoms with Crippen molar-refractivity contribution < 1.29 is 9.18 Å². The SMILES string of the molecule is Cc1cccc(C(C)C)c1NC(=O)/C(C#N)=C\Nc1ccc(F)c(Cl)c1. The lowest BCUT2D eigenvalue weighted by Gasteiger charge is -2.16. The van der Waals surface area contributed by atoms with Crippen molar-refractivity contribution in [2.75, 3.05) is 10.6 Å². The molecule has 6 heteroatoms. The monoisotopic (exact) mass is 371 g/mol. The molecular weight excluding hydrogens is 353 g/mol. The molecule has 0 heterocycles. The second-order valence-electron chi connectivity index (χ2n) is 6.09. The van der Waals surface area contributed by atoms with Crippen LogP contribution in [0, 0.1) is 24.1 Å². The molecule has 0 radical (unpaired) electrons. The summed E-state index contributed by atoms with van der Waals surface area (Å²) in [4.78, 5) is 12.5. The Morgan fingerprint density at radius 3 is 2.65 bits per heavy atom. The van der Waals surface area contributed by atoms with Crippen LogP contribution in [0.2, 0.25) is 5.02 Å². The number of hydrogen-bond acceptors (Lipinski definition) is 3. The van der Waals surface area contributed by atoms with Crippen molar-refractivity contribution in [2.45, 2.75) is 26.7 Å². The number of carbonyl (C=O) groups is 1. The van der Waals surface area contributed by atoms with Crippen LogP contribution in [0.15, 0.2) is 48.2 Å². The van der Waals surface area contributed by atoms with E-state index in [2.05, 4.69) is 10.6 Å². The van der Waals surface area contributed by atoms with Crippen molar-refractivity contribution in [3.63, 3.8) is 0 Å². The van der Waals surface area contributed by atoms with E-state index in [0.717, 1.165) is 11.1 Å². The maximum Gasteiger partial charge on any atom is 0.267 e. The first kappa shape index (κ1) is 19.5. The van der Waals surface area contributed by atoms with Gasteiger partial charge in [-0.15, -0.1) is 0 Å². The number of carbonyl (C=O) groups excluding carboxylic acids is 1. The van der Waals surface area contributed by atoms with Crippen LogP contribution in [0.25, 0.3) is 0 Å². The lowest BCUT2D eigenvalue weighted by molar-refractivity contribution is -0.112. The van der Waals surface area contributed by atoms with Crippen LogP contribution in [-0.2, 0) is 4.79 Å². The molecule has 0 aliphatic carbocycles. The minimum atomic E-state index is -0.541. The fourth-order valence-corrected chi connectivity index (χ4v) is 2.59. The van der Waals surface area contributed by atoms with Crippen LogP contribution in [0.5, 0.6) is 0 Å². The fourth-order valence-electron chi connectivity index (χ4n) is 2.41. The quantitative estimate of drug-likeness (QED) is 0.548. The van der Waals surface area contributed by atoms with Gasteiger partial charge in [0, 0.05) is 17.6 Å². The number of halogens is 2. The summed E-state index contributed by atoms with van der Waals surface area (Å²) in [7, 11) is 0. The molecule has 4 nitrogen and oxygen atoms in total. The van der Waals surface area contributed by atoms with Crippen molar-refractivity contribution in [3.05, 3.63) is 70.1 Å². The van der Waals surface area contributed by atoms with Crippen LogP contribution in [0.4, 0.5) is 15.8 Å². The first-order valence-corrected chi connectivity index (χ1v) is 8.44. The molecule has 0 saturated carbocycles. The van der Waals surface area contributed by atoms with Crippen LogP contribution >= 0.6 is 11.6 Å². The van der Waals surface area contributed by atoms with Gasteiger partial charge in [-0.2, -0.15) is 5.26 Å². The number of amides is 1. The van der Waals surface area contributed by atoms with E-state index in [-0.39, 0.29) is 16.5 Å². The van der Waals surface area contributed by atoms with Gasteiger partial charge in [0.1, 0.15) is 17.5 Å². The zero-order valence-corrected chi connectivity index (χ0v) is 15.5. The molecule has 0 fully saturated rings. The predicted molar refractivity (Wildman–Crippen MR) is 103 cm³/mol. The second kappa shape index (κ2) is 8.50. The van der Waals surface area contributed by atoms with Crippen molar-refractivity contribution in [1.29, 1.82) is 5.26 Å². The maximum absolute atomic E-state index is 13.2. The number of hydrogen-bond donors (Lipinski definition) is 2. The van der Waals surface area contributed by atoms with Gasteiger partial charge in [-0.1, -0.05) is 43.6 Å². The van der Waals surface area contributed by atoms with Crippen LogP contribution < -0.4 is 10.6 Å². The van der Waals surface area contributed by atoms with Gasteiger partial charge >= 0.3 is 0 Å². The zero-order chi connectivity index (χ0) is 19.3. The highest BCUT2D eigenvalue weighted by atomic mass is 35.5. The molecule has 26 heavy (non-hydrogen) atoms. The topological polar surface area (TPSA) is 64.9 Å². The highest BCUT2D eigenvalue weighted by molar-refractivity contribution is 6.31. The average Bonchev–Trinajstić information content (AvgIpc) is 2.60. The molecule has 0 bridgehead atoms. The number of aryl methyl sites for hydroxylation is 1. The lowest BCUT2D eigenvalue weighted by atomic mass is 9.98. The van der Waals surface area contributed by atoms with E-state index in [1.807, 2.05) is 45.0 Å². The molecule has 0 aliphatic rings. The highest BCUT2D eigenvalue weighted by Gasteiger charge is 2.15. The average molecular weight is 372 g/mol. The van der Waals surface area contributed by atoms with Crippen molar-refractivity contribution in [2.24, 2.45) is 0 Å². The molecule has 0 spiro atoms. The van der Waals surface area contributed by atoms with Crippen molar-refractivity contribution in [3.8, 4) is 6.07 Å².